The van der Waals surface area contributed by atoms with E-state index in [4.69, 9.17) is 4.42 Å². The zero-order chi connectivity index (χ0) is 23.5. The largest absolute Gasteiger partial charge is 0.451 e. The molecule has 0 aliphatic rings. The van der Waals surface area contributed by atoms with Gasteiger partial charge in [-0.15, -0.1) is 0 Å². The van der Waals surface area contributed by atoms with Crippen molar-refractivity contribution in [2.45, 2.75) is 4.90 Å². The van der Waals surface area contributed by atoms with Crippen molar-refractivity contribution < 1.29 is 17.6 Å². The van der Waals surface area contributed by atoms with Crippen molar-refractivity contribution in [2.24, 2.45) is 0 Å². The minimum atomic E-state index is -3.68. The molecule has 0 radical (unpaired) electrons. The van der Waals surface area contributed by atoms with E-state index >= 15 is 0 Å². The third-order valence-electron chi connectivity index (χ3n) is 5.32. The molecule has 168 valence electrons. The first-order chi connectivity index (χ1) is 16.5. The highest BCUT2D eigenvalue weighted by Crippen LogP contribution is 2.25. The fraction of sp³-hybridized carbons (Fsp3) is 0. The maximum atomic E-state index is 12.6. The summed E-state index contributed by atoms with van der Waals surface area (Å²) in [6, 6.07) is 31.8. The Balaban J connectivity index is 1.28. The van der Waals surface area contributed by atoms with Gasteiger partial charge in [0.05, 0.1) is 4.90 Å². The van der Waals surface area contributed by atoms with Gasteiger partial charge < -0.3 is 9.73 Å². The number of rotatable bonds is 6. The Hall–Kier alpha value is -4.36. The standard InChI is InChI=1S/C27H20N2O4S/c30-27(26-18-21-6-4-5-9-25(21)33-26)28-22-14-10-19(11-15-22)20-12-16-24(17-13-20)34(31,32)29-23-7-2-1-3-8-23/h1-18,29H,(H,28,30). The normalized spacial score (nSPS) is 11.3. The first-order valence-corrected chi connectivity index (χ1v) is 12.0. The molecule has 0 fully saturated rings. The summed E-state index contributed by atoms with van der Waals surface area (Å²) in [5.74, 6) is -0.0874. The van der Waals surface area contributed by atoms with Gasteiger partial charge in [-0.25, -0.2) is 8.42 Å². The Morgan fingerprint density at radius 1 is 0.676 bits per heavy atom. The predicted octanol–water partition coefficient (Wildman–Crippen LogP) is 6.15. The van der Waals surface area contributed by atoms with Crippen molar-refractivity contribution in [1.82, 2.24) is 0 Å². The van der Waals surface area contributed by atoms with Crippen LogP contribution < -0.4 is 10.0 Å². The number of fused-ring (bicyclic) bond motifs is 1. The van der Waals surface area contributed by atoms with Crippen LogP contribution in [0.1, 0.15) is 10.6 Å². The molecule has 0 atom stereocenters. The summed E-state index contributed by atoms with van der Waals surface area (Å²) in [4.78, 5) is 12.7. The van der Waals surface area contributed by atoms with Gasteiger partial charge in [-0.3, -0.25) is 9.52 Å². The Morgan fingerprint density at radius 2 is 1.29 bits per heavy atom. The van der Waals surface area contributed by atoms with E-state index in [9.17, 15) is 13.2 Å². The second-order valence-electron chi connectivity index (χ2n) is 7.68. The van der Waals surface area contributed by atoms with Crippen LogP contribution in [0.3, 0.4) is 0 Å². The van der Waals surface area contributed by atoms with E-state index in [1.165, 1.54) is 0 Å². The number of amides is 1. The van der Waals surface area contributed by atoms with Crippen molar-refractivity contribution in [3.05, 3.63) is 115 Å². The molecular formula is C27H20N2O4S. The van der Waals surface area contributed by atoms with Gasteiger partial charge in [0.2, 0.25) is 0 Å². The lowest BCUT2D eigenvalue weighted by Gasteiger charge is -2.09. The third-order valence-corrected chi connectivity index (χ3v) is 6.71. The SMILES string of the molecule is O=C(Nc1ccc(-c2ccc(S(=O)(=O)Nc3ccccc3)cc2)cc1)c1cc2ccccc2o1. The zero-order valence-corrected chi connectivity index (χ0v) is 18.8. The lowest BCUT2D eigenvalue weighted by Crippen LogP contribution is -2.12. The molecule has 0 aliphatic carbocycles. The van der Waals surface area contributed by atoms with Crippen LogP contribution in [0.15, 0.2) is 119 Å². The van der Waals surface area contributed by atoms with Gasteiger partial charge in [0.25, 0.3) is 15.9 Å². The molecule has 5 aromatic rings. The number of nitrogens with one attached hydrogen (secondary N) is 2. The highest BCUT2D eigenvalue weighted by Gasteiger charge is 2.15. The molecule has 0 saturated carbocycles. The molecule has 0 saturated heterocycles. The lowest BCUT2D eigenvalue weighted by atomic mass is 10.1. The van der Waals surface area contributed by atoms with Gasteiger partial charge in [0.15, 0.2) is 5.76 Å². The van der Waals surface area contributed by atoms with Gasteiger partial charge in [-0.05, 0) is 59.7 Å². The number of benzene rings is 4. The molecule has 1 heterocycles. The molecule has 0 spiro atoms. The van der Waals surface area contributed by atoms with E-state index in [2.05, 4.69) is 10.0 Å². The van der Waals surface area contributed by atoms with E-state index in [0.29, 0.717) is 17.0 Å². The van der Waals surface area contributed by atoms with Crippen LogP contribution in [-0.2, 0) is 10.0 Å². The summed E-state index contributed by atoms with van der Waals surface area (Å²) in [5.41, 5.74) is 3.54. The van der Waals surface area contributed by atoms with Crippen molar-refractivity contribution in [1.29, 1.82) is 0 Å². The number of sulfonamides is 1. The van der Waals surface area contributed by atoms with Crippen LogP contribution in [0.2, 0.25) is 0 Å². The van der Waals surface area contributed by atoms with Crippen LogP contribution in [0.5, 0.6) is 0 Å². The second-order valence-corrected chi connectivity index (χ2v) is 9.36. The average Bonchev–Trinajstić information content (AvgIpc) is 3.30. The first kappa shape index (κ1) is 21.5. The smallest absolute Gasteiger partial charge is 0.291 e. The molecular weight excluding hydrogens is 448 g/mol. The molecule has 0 aliphatic heterocycles. The maximum Gasteiger partial charge on any atom is 0.291 e. The average molecular weight is 469 g/mol. The highest BCUT2D eigenvalue weighted by molar-refractivity contribution is 7.92. The quantitative estimate of drug-likeness (QED) is 0.313. The molecule has 7 heteroatoms. The molecule has 5 rings (SSSR count). The van der Waals surface area contributed by atoms with Crippen molar-refractivity contribution in [3.8, 4) is 11.1 Å². The second kappa shape index (κ2) is 8.88. The van der Waals surface area contributed by atoms with E-state index in [1.54, 1.807) is 66.7 Å². The molecule has 1 aromatic heterocycles. The molecule has 34 heavy (non-hydrogen) atoms. The molecule has 0 bridgehead atoms. The van der Waals surface area contributed by atoms with Crippen molar-refractivity contribution in [2.75, 3.05) is 10.0 Å². The zero-order valence-electron chi connectivity index (χ0n) is 17.9. The molecule has 0 unspecified atom stereocenters. The van der Waals surface area contributed by atoms with Gasteiger partial charge >= 0.3 is 0 Å². The molecule has 4 aromatic carbocycles. The van der Waals surface area contributed by atoms with Gasteiger partial charge in [-0.2, -0.15) is 0 Å². The first-order valence-electron chi connectivity index (χ1n) is 10.6. The van der Waals surface area contributed by atoms with Crippen molar-refractivity contribution >= 4 is 38.3 Å². The van der Waals surface area contributed by atoms with Crippen molar-refractivity contribution in [3.63, 3.8) is 0 Å². The van der Waals surface area contributed by atoms with Crippen LogP contribution in [0.4, 0.5) is 11.4 Å². The summed E-state index contributed by atoms with van der Waals surface area (Å²) in [7, 11) is -3.68. The molecule has 2 N–H and O–H groups in total. The summed E-state index contributed by atoms with van der Waals surface area (Å²) >= 11 is 0. The number of hydrogen-bond donors (Lipinski definition) is 2. The van der Waals surface area contributed by atoms with E-state index in [1.807, 2.05) is 42.5 Å². The highest BCUT2D eigenvalue weighted by atomic mass is 32.2. The Kier molecular flexibility index (Phi) is 5.61. The number of hydrogen-bond acceptors (Lipinski definition) is 4. The van der Waals surface area contributed by atoms with E-state index in [-0.39, 0.29) is 16.6 Å². The monoisotopic (exact) mass is 468 g/mol. The fourth-order valence-electron chi connectivity index (χ4n) is 3.58. The number of furan rings is 1. The minimum absolute atomic E-state index is 0.176. The maximum absolute atomic E-state index is 12.6. The number of carbonyl (C=O) groups is 1. The van der Waals surface area contributed by atoms with Gasteiger partial charge in [0, 0.05) is 16.8 Å². The van der Waals surface area contributed by atoms with Crippen LogP contribution >= 0.6 is 0 Å². The fourth-order valence-corrected chi connectivity index (χ4v) is 4.64. The summed E-state index contributed by atoms with van der Waals surface area (Å²) < 4.78 is 33.4. The van der Waals surface area contributed by atoms with Gasteiger partial charge in [-0.1, -0.05) is 60.7 Å². The van der Waals surface area contributed by atoms with Crippen LogP contribution in [0, 0.1) is 0 Å². The molecule has 6 nitrogen and oxygen atoms in total. The number of anilines is 2. The lowest BCUT2D eigenvalue weighted by molar-refractivity contribution is 0.0998. The summed E-state index contributed by atoms with van der Waals surface area (Å²) in [6.45, 7) is 0. The van der Waals surface area contributed by atoms with Crippen LogP contribution in [-0.4, -0.2) is 14.3 Å². The minimum Gasteiger partial charge on any atom is -0.451 e. The Morgan fingerprint density at radius 3 is 1.97 bits per heavy atom. The van der Waals surface area contributed by atoms with E-state index in [0.717, 1.165) is 16.5 Å². The van der Waals surface area contributed by atoms with Gasteiger partial charge in [0.1, 0.15) is 5.58 Å². The Bertz CT molecular complexity index is 1520. The third kappa shape index (κ3) is 4.55. The molecule has 1 amide bonds. The van der Waals surface area contributed by atoms with E-state index < -0.39 is 10.0 Å². The summed E-state index contributed by atoms with van der Waals surface area (Å²) in [6.07, 6.45) is 0. The van der Waals surface area contributed by atoms with Crippen LogP contribution in [0.25, 0.3) is 22.1 Å². The predicted molar refractivity (Wildman–Crippen MR) is 133 cm³/mol. The summed E-state index contributed by atoms with van der Waals surface area (Å²) in [5, 5.41) is 3.70. The topological polar surface area (TPSA) is 88.4 Å². The number of para-hydroxylation sites is 2. The Labute approximate surface area is 196 Å². The number of carbonyl (C=O) groups excluding carboxylic acids is 1.